The quantitative estimate of drug-likeness (QED) is 0.370. The molecule has 1 atom stereocenters. The fourth-order valence-corrected chi connectivity index (χ4v) is 4.46. The lowest BCUT2D eigenvalue weighted by molar-refractivity contribution is -0.0647. The number of hydrogen-bond acceptors (Lipinski definition) is 7. The number of rotatable bonds is 12. The molecule has 200 valence electrons. The predicted octanol–water partition coefficient (Wildman–Crippen LogP) is 3.70. The fraction of sp³-hybridized carbons (Fsp3) is 0.464. The molecule has 3 aromatic rings. The smallest absolute Gasteiger partial charge is 0.161 e. The maximum absolute atomic E-state index is 13.5. The molecular weight excluding hydrogens is 477 g/mol. The lowest BCUT2D eigenvalue weighted by atomic mass is 10.1. The summed E-state index contributed by atoms with van der Waals surface area (Å²) in [7, 11) is 1.63. The van der Waals surface area contributed by atoms with E-state index in [4.69, 9.17) is 18.9 Å². The minimum Gasteiger partial charge on any atom is -0.493 e. The summed E-state index contributed by atoms with van der Waals surface area (Å²) >= 11 is 0. The van der Waals surface area contributed by atoms with E-state index in [0.29, 0.717) is 50.1 Å². The van der Waals surface area contributed by atoms with Gasteiger partial charge in [0.15, 0.2) is 11.5 Å². The van der Waals surface area contributed by atoms with Crippen LogP contribution >= 0.6 is 0 Å². The van der Waals surface area contributed by atoms with Gasteiger partial charge >= 0.3 is 0 Å². The molecule has 0 spiro atoms. The summed E-state index contributed by atoms with van der Waals surface area (Å²) in [6.07, 6.45) is 5.57. The molecule has 1 fully saturated rings. The van der Waals surface area contributed by atoms with Crippen molar-refractivity contribution in [2.75, 3.05) is 46.6 Å². The molecule has 0 amide bonds. The van der Waals surface area contributed by atoms with Crippen molar-refractivity contribution in [1.82, 2.24) is 14.5 Å². The summed E-state index contributed by atoms with van der Waals surface area (Å²) in [5, 5.41) is 11.2. The monoisotopic (exact) mass is 513 g/mol. The first-order valence-electron chi connectivity index (χ1n) is 12.7. The van der Waals surface area contributed by atoms with Crippen molar-refractivity contribution in [2.24, 2.45) is 0 Å². The number of ether oxygens (including phenoxy) is 4. The third-order valence-corrected chi connectivity index (χ3v) is 6.30. The number of aliphatic hydroxyl groups is 1. The van der Waals surface area contributed by atoms with Gasteiger partial charge in [0.05, 0.1) is 26.9 Å². The topological polar surface area (TPSA) is 78.2 Å². The van der Waals surface area contributed by atoms with Crippen molar-refractivity contribution >= 4 is 0 Å². The lowest BCUT2D eigenvalue weighted by Crippen LogP contribution is -2.48. The number of aromatic nitrogens is 2. The van der Waals surface area contributed by atoms with E-state index in [1.807, 2.05) is 30.6 Å². The molecule has 0 aliphatic carbocycles. The minimum atomic E-state index is -1.22. The summed E-state index contributed by atoms with van der Waals surface area (Å²) in [4.78, 5) is 6.49. The van der Waals surface area contributed by atoms with Crippen molar-refractivity contribution in [3.63, 3.8) is 0 Å². The Labute approximate surface area is 217 Å². The number of methoxy groups -OCH3 is 1. The molecule has 0 bridgehead atoms. The maximum atomic E-state index is 13.5. The highest BCUT2D eigenvalue weighted by Gasteiger charge is 2.33. The van der Waals surface area contributed by atoms with Crippen LogP contribution in [0.1, 0.15) is 24.7 Å². The number of halogens is 1. The van der Waals surface area contributed by atoms with E-state index in [0.717, 1.165) is 30.8 Å². The van der Waals surface area contributed by atoms with Crippen LogP contribution in [0.5, 0.6) is 17.2 Å². The zero-order chi connectivity index (χ0) is 26.1. The van der Waals surface area contributed by atoms with Crippen LogP contribution in [-0.2, 0) is 24.2 Å². The number of nitrogens with zero attached hydrogens (tertiary/aromatic N) is 3. The first kappa shape index (κ1) is 26.9. The molecule has 1 aliphatic rings. The van der Waals surface area contributed by atoms with Crippen LogP contribution in [0, 0.1) is 5.82 Å². The molecule has 8 nitrogen and oxygen atoms in total. The van der Waals surface area contributed by atoms with Gasteiger partial charge in [0.2, 0.25) is 0 Å². The molecule has 4 rings (SSSR count). The third kappa shape index (κ3) is 7.67. The highest BCUT2D eigenvalue weighted by Crippen LogP contribution is 2.29. The lowest BCUT2D eigenvalue weighted by Gasteiger charge is -2.30. The van der Waals surface area contributed by atoms with E-state index in [2.05, 4.69) is 21.4 Å². The molecule has 1 aliphatic heterocycles. The largest absolute Gasteiger partial charge is 0.493 e. The van der Waals surface area contributed by atoms with Crippen LogP contribution in [0.25, 0.3) is 0 Å². The maximum Gasteiger partial charge on any atom is 0.161 e. The van der Waals surface area contributed by atoms with Crippen molar-refractivity contribution < 1.29 is 28.4 Å². The molecule has 1 aromatic heterocycles. The normalized spacial score (nSPS) is 18.4. The predicted molar refractivity (Wildman–Crippen MR) is 138 cm³/mol. The zero-order valence-electron chi connectivity index (χ0n) is 21.6. The number of benzene rings is 2. The van der Waals surface area contributed by atoms with Crippen LogP contribution in [0.4, 0.5) is 4.39 Å². The molecule has 1 unspecified atom stereocenters. The van der Waals surface area contributed by atoms with Crippen molar-refractivity contribution in [1.29, 1.82) is 0 Å². The molecule has 0 saturated carbocycles. The average Bonchev–Trinajstić information content (AvgIpc) is 3.27. The second-order valence-electron chi connectivity index (χ2n) is 9.31. The van der Waals surface area contributed by atoms with Crippen LogP contribution in [0.2, 0.25) is 0 Å². The van der Waals surface area contributed by atoms with Gasteiger partial charge in [-0.05, 0) is 36.2 Å². The average molecular weight is 514 g/mol. The minimum absolute atomic E-state index is 0.000583. The van der Waals surface area contributed by atoms with Crippen molar-refractivity contribution in [3.05, 3.63) is 72.1 Å². The van der Waals surface area contributed by atoms with Gasteiger partial charge in [-0.15, -0.1) is 0 Å². The summed E-state index contributed by atoms with van der Waals surface area (Å²) in [6, 6.07) is 11.8. The Morgan fingerprint density at radius 1 is 1.16 bits per heavy atom. The van der Waals surface area contributed by atoms with Gasteiger partial charge in [-0.2, -0.15) is 0 Å². The number of imidazole rings is 1. The first-order chi connectivity index (χ1) is 18.0. The van der Waals surface area contributed by atoms with Gasteiger partial charge in [0, 0.05) is 51.1 Å². The molecule has 0 radical (unpaired) electrons. The van der Waals surface area contributed by atoms with E-state index in [1.54, 1.807) is 19.2 Å². The molecule has 37 heavy (non-hydrogen) atoms. The van der Waals surface area contributed by atoms with Gasteiger partial charge in [-0.1, -0.05) is 19.1 Å². The van der Waals surface area contributed by atoms with Gasteiger partial charge in [-0.3, -0.25) is 4.90 Å². The second-order valence-corrected chi connectivity index (χ2v) is 9.31. The second kappa shape index (κ2) is 12.9. The highest BCUT2D eigenvalue weighted by atomic mass is 19.1. The number of β-amino-alcohol motifs (C(OH)–C–C–N with tert-alkyl or cyclic N) is 1. The van der Waals surface area contributed by atoms with Gasteiger partial charge in [0.25, 0.3) is 0 Å². The van der Waals surface area contributed by atoms with Gasteiger partial charge < -0.3 is 28.6 Å². The van der Waals surface area contributed by atoms with Crippen LogP contribution in [0.3, 0.4) is 0 Å². The summed E-state index contributed by atoms with van der Waals surface area (Å²) in [6.45, 7) is 5.75. The van der Waals surface area contributed by atoms with E-state index in [-0.39, 0.29) is 19.0 Å². The molecule has 9 heteroatoms. The molecular formula is C28H36FN3O5. The van der Waals surface area contributed by atoms with E-state index in [1.165, 1.54) is 12.1 Å². The van der Waals surface area contributed by atoms with E-state index < -0.39 is 5.60 Å². The Morgan fingerprint density at radius 2 is 2.05 bits per heavy atom. The van der Waals surface area contributed by atoms with E-state index >= 15 is 0 Å². The number of aryl methyl sites for hydroxylation is 2. The van der Waals surface area contributed by atoms with Crippen molar-refractivity contribution in [3.8, 4) is 17.2 Å². The fourth-order valence-electron chi connectivity index (χ4n) is 4.46. The number of hydrogen-bond donors (Lipinski definition) is 1. The third-order valence-electron chi connectivity index (χ3n) is 6.30. The highest BCUT2D eigenvalue weighted by molar-refractivity contribution is 5.43. The van der Waals surface area contributed by atoms with Gasteiger partial charge in [-0.25, -0.2) is 9.37 Å². The molecule has 1 saturated heterocycles. The standard InChI is InChI=1S/C28H36FN3O5/c1-3-27-30-10-12-32(27)11-5-14-36-26-16-22(8-9-25(26)34-2)18-31-13-15-35-20-28(33,19-31)21-37-24-7-4-6-23(29)17-24/h4,6-10,12,16-17,33H,3,5,11,13-15,18-21H2,1-2H3. The van der Waals surface area contributed by atoms with E-state index in [9.17, 15) is 9.50 Å². The van der Waals surface area contributed by atoms with Crippen LogP contribution in [-0.4, -0.2) is 71.8 Å². The molecule has 1 N–H and O–H groups in total. The SMILES string of the molecule is CCc1nccn1CCCOc1cc(CN2CCOCC(O)(COc3cccc(F)c3)C2)ccc1OC. The molecule has 2 aromatic carbocycles. The van der Waals surface area contributed by atoms with Crippen molar-refractivity contribution in [2.45, 2.75) is 38.5 Å². The Morgan fingerprint density at radius 3 is 2.86 bits per heavy atom. The van der Waals surface area contributed by atoms with Crippen LogP contribution < -0.4 is 14.2 Å². The Balaban J connectivity index is 1.34. The van der Waals surface area contributed by atoms with Crippen LogP contribution in [0.15, 0.2) is 54.9 Å². The summed E-state index contributed by atoms with van der Waals surface area (Å²) in [5.74, 6) is 2.44. The Hall–Kier alpha value is -3.14. The molecule has 2 heterocycles. The Bertz CT molecular complexity index is 1140. The Kier molecular flexibility index (Phi) is 9.38. The first-order valence-corrected chi connectivity index (χ1v) is 12.7. The summed E-state index contributed by atoms with van der Waals surface area (Å²) < 4.78 is 38.6. The van der Waals surface area contributed by atoms with Gasteiger partial charge in [0.1, 0.15) is 29.6 Å². The summed E-state index contributed by atoms with van der Waals surface area (Å²) in [5.41, 5.74) is -0.187. The zero-order valence-corrected chi connectivity index (χ0v) is 21.6.